The molecule has 0 aliphatic carbocycles. The van der Waals surface area contributed by atoms with E-state index in [-0.39, 0.29) is 5.91 Å². The van der Waals surface area contributed by atoms with Gasteiger partial charge in [-0.05, 0) is 25.3 Å². The number of rotatable bonds is 8. The van der Waals surface area contributed by atoms with Gasteiger partial charge in [0.2, 0.25) is 5.91 Å². The molecule has 0 radical (unpaired) electrons. The Morgan fingerprint density at radius 2 is 1.88 bits per heavy atom. The van der Waals surface area contributed by atoms with Crippen molar-refractivity contribution in [2.45, 2.75) is 58.0 Å². The van der Waals surface area contributed by atoms with Gasteiger partial charge in [0.05, 0.1) is 0 Å². The number of aromatic nitrogens is 3. The Labute approximate surface area is 148 Å². The summed E-state index contributed by atoms with van der Waals surface area (Å²) in [6.07, 6.45) is 0.844. The lowest BCUT2D eigenvalue weighted by molar-refractivity contribution is -0.118. The van der Waals surface area contributed by atoms with Crippen LogP contribution in [0.3, 0.4) is 0 Å². The Balaban J connectivity index is 2.14. The zero-order valence-electron chi connectivity index (χ0n) is 14.9. The van der Waals surface area contributed by atoms with Crippen LogP contribution >= 0.6 is 11.8 Å². The summed E-state index contributed by atoms with van der Waals surface area (Å²) in [5.74, 6) is 1.87. The van der Waals surface area contributed by atoms with Crippen LogP contribution in [0.2, 0.25) is 0 Å². The molecule has 1 aromatic carbocycles. The lowest BCUT2D eigenvalue weighted by Gasteiger charge is -2.12. The van der Waals surface area contributed by atoms with E-state index in [0.717, 1.165) is 23.3 Å². The Morgan fingerprint density at radius 3 is 2.46 bits per heavy atom. The number of nitrogens with zero attached hydrogens (tertiary/aromatic N) is 3. The first kappa shape index (κ1) is 18.5. The minimum atomic E-state index is -0.307. The molecule has 2 N–H and O–H groups in total. The Morgan fingerprint density at radius 1 is 1.21 bits per heavy atom. The molecule has 0 saturated heterocycles. The Bertz CT molecular complexity index is 689. The number of primary amides is 1. The van der Waals surface area contributed by atoms with E-state index in [2.05, 4.69) is 60.7 Å². The fourth-order valence-electron chi connectivity index (χ4n) is 2.69. The maximum Gasteiger partial charge on any atom is 0.217 e. The average molecular weight is 347 g/mol. The molecule has 6 heteroatoms. The number of benzene rings is 1. The van der Waals surface area contributed by atoms with Crippen LogP contribution in [-0.2, 0) is 23.5 Å². The summed E-state index contributed by atoms with van der Waals surface area (Å²) in [4.78, 5) is 11.0. The van der Waals surface area contributed by atoms with E-state index in [1.54, 1.807) is 11.8 Å². The Hall–Kier alpha value is -1.82. The van der Waals surface area contributed by atoms with Crippen LogP contribution in [0.5, 0.6) is 0 Å². The smallest absolute Gasteiger partial charge is 0.217 e. The Kier molecular flexibility index (Phi) is 6.43. The standard InChI is InChI=1S/C18H26N4OS/c1-12(2)10-22-17(6-5-16(19)23)20-21-18(22)24-11-15-8-13(3)7-14(4)9-15/h7-9,12H,5-6,10-11H2,1-4H3,(H2,19,23). The maximum atomic E-state index is 11.0. The van der Waals surface area contributed by atoms with Gasteiger partial charge in [0.25, 0.3) is 0 Å². The summed E-state index contributed by atoms with van der Waals surface area (Å²) in [5.41, 5.74) is 9.10. The van der Waals surface area contributed by atoms with Crippen LogP contribution in [0.4, 0.5) is 0 Å². The molecule has 0 fully saturated rings. The molecule has 0 unspecified atom stereocenters. The van der Waals surface area contributed by atoms with Gasteiger partial charge in [-0.15, -0.1) is 10.2 Å². The van der Waals surface area contributed by atoms with Crippen molar-refractivity contribution in [3.05, 3.63) is 40.7 Å². The van der Waals surface area contributed by atoms with E-state index in [1.165, 1.54) is 16.7 Å². The highest BCUT2D eigenvalue weighted by atomic mass is 32.2. The van der Waals surface area contributed by atoms with E-state index in [4.69, 9.17) is 5.73 Å². The van der Waals surface area contributed by atoms with Gasteiger partial charge in [0.15, 0.2) is 5.16 Å². The van der Waals surface area contributed by atoms with Gasteiger partial charge in [-0.3, -0.25) is 4.79 Å². The maximum absolute atomic E-state index is 11.0. The van der Waals surface area contributed by atoms with Crippen LogP contribution < -0.4 is 5.73 Å². The average Bonchev–Trinajstić information content (AvgIpc) is 2.83. The van der Waals surface area contributed by atoms with Crippen LogP contribution in [0.15, 0.2) is 23.4 Å². The number of nitrogens with two attached hydrogens (primary N) is 1. The number of amides is 1. The first-order chi connectivity index (χ1) is 11.3. The zero-order chi connectivity index (χ0) is 17.7. The first-order valence-electron chi connectivity index (χ1n) is 8.25. The fraction of sp³-hybridized carbons (Fsp3) is 0.500. The summed E-state index contributed by atoms with van der Waals surface area (Å²) in [6.45, 7) is 9.40. The van der Waals surface area contributed by atoms with Crippen molar-refractivity contribution in [1.82, 2.24) is 14.8 Å². The lowest BCUT2D eigenvalue weighted by atomic mass is 10.1. The van der Waals surface area contributed by atoms with Gasteiger partial charge in [0, 0.05) is 25.1 Å². The van der Waals surface area contributed by atoms with E-state index in [1.807, 2.05) is 0 Å². The van der Waals surface area contributed by atoms with Gasteiger partial charge >= 0.3 is 0 Å². The molecule has 2 rings (SSSR count). The molecular formula is C18H26N4OS. The third kappa shape index (κ3) is 5.37. The van der Waals surface area contributed by atoms with E-state index >= 15 is 0 Å². The quantitative estimate of drug-likeness (QED) is 0.745. The van der Waals surface area contributed by atoms with Gasteiger partial charge in [-0.1, -0.05) is 54.9 Å². The highest BCUT2D eigenvalue weighted by molar-refractivity contribution is 7.98. The normalized spacial score (nSPS) is 11.2. The van der Waals surface area contributed by atoms with Crippen molar-refractivity contribution in [2.75, 3.05) is 0 Å². The number of hydrogen-bond donors (Lipinski definition) is 1. The molecule has 1 heterocycles. The summed E-state index contributed by atoms with van der Waals surface area (Å²) < 4.78 is 2.13. The summed E-state index contributed by atoms with van der Waals surface area (Å²) in [5, 5.41) is 9.51. The monoisotopic (exact) mass is 346 g/mol. The highest BCUT2D eigenvalue weighted by Crippen LogP contribution is 2.24. The van der Waals surface area contributed by atoms with Gasteiger partial charge in [0.1, 0.15) is 5.82 Å². The van der Waals surface area contributed by atoms with Crippen LogP contribution in [-0.4, -0.2) is 20.7 Å². The molecule has 0 saturated carbocycles. The van der Waals surface area contributed by atoms with Crippen molar-refractivity contribution in [2.24, 2.45) is 11.7 Å². The second kappa shape index (κ2) is 8.33. The second-order valence-electron chi connectivity index (χ2n) is 6.65. The van der Waals surface area contributed by atoms with Crippen molar-refractivity contribution < 1.29 is 4.79 Å². The van der Waals surface area contributed by atoms with Crippen LogP contribution in [0, 0.1) is 19.8 Å². The minimum Gasteiger partial charge on any atom is -0.370 e. The zero-order valence-corrected chi connectivity index (χ0v) is 15.7. The van der Waals surface area contributed by atoms with Crippen LogP contribution in [0.25, 0.3) is 0 Å². The van der Waals surface area contributed by atoms with Crippen LogP contribution in [0.1, 0.15) is 42.8 Å². The molecule has 1 amide bonds. The third-order valence-electron chi connectivity index (χ3n) is 3.59. The van der Waals surface area contributed by atoms with Crippen molar-refractivity contribution in [3.63, 3.8) is 0 Å². The summed E-state index contributed by atoms with van der Waals surface area (Å²) in [7, 11) is 0. The van der Waals surface area contributed by atoms with Gasteiger partial charge in [-0.2, -0.15) is 0 Å². The van der Waals surface area contributed by atoms with Gasteiger partial charge < -0.3 is 10.3 Å². The topological polar surface area (TPSA) is 73.8 Å². The summed E-state index contributed by atoms with van der Waals surface area (Å²) in [6, 6.07) is 6.59. The first-order valence-corrected chi connectivity index (χ1v) is 9.24. The van der Waals surface area contributed by atoms with E-state index < -0.39 is 0 Å². The molecule has 2 aromatic rings. The fourth-order valence-corrected chi connectivity index (χ4v) is 3.59. The predicted octanol–water partition coefficient (Wildman–Crippen LogP) is 3.26. The number of carbonyl (C=O) groups is 1. The van der Waals surface area contributed by atoms with Gasteiger partial charge in [-0.25, -0.2) is 0 Å². The van der Waals surface area contributed by atoms with E-state index in [0.29, 0.717) is 18.8 Å². The lowest BCUT2D eigenvalue weighted by Crippen LogP contribution is -2.15. The number of hydrogen-bond acceptors (Lipinski definition) is 4. The number of thioether (sulfide) groups is 1. The largest absolute Gasteiger partial charge is 0.370 e. The molecule has 5 nitrogen and oxygen atoms in total. The molecule has 0 spiro atoms. The molecule has 0 aliphatic rings. The molecule has 24 heavy (non-hydrogen) atoms. The molecule has 130 valence electrons. The molecule has 0 aliphatic heterocycles. The third-order valence-corrected chi connectivity index (χ3v) is 4.62. The summed E-state index contributed by atoms with van der Waals surface area (Å²) >= 11 is 1.69. The number of carbonyl (C=O) groups excluding carboxylic acids is 1. The SMILES string of the molecule is Cc1cc(C)cc(CSc2nnc(CCC(N)=O)n2CC(C)C)c1. The van der Waals surface area contributed by atoms with Crippen molar-refractivity contribution in [1.29, 1.82) is 0 Å². The second-order valence-corrected chi connectivity index (χ2v) is 7.60. The minimum absolute atomic E-state index is 0.304. The molecule has 0 atom stereocenters. The number of aryl methyl sites for hydroxylation is 3. The van der Waals surface area contributed by atoms with Crippen molar-refractivity contribution in [3.8, 4) is 0 Å². The highest BCUT2D eigenvalue weighted by Gasteiger charge is 2.14. The van der Waals surface area contributed by atoms with Crippen molar-refractivity contribution >= 4 is 17.7 Å². The predicted molar refractivity (Wildman–Crippen MR) is 97.9 cm³/mol. The molecule has 0 bridgehead atoms. The molecular weight excluding hydrogens is 320 g/mol. The molecule has 1 aromatic heterocycles. The van der Waals surface area contributed by atoms with E-state index in [9.17, 15) is 4.79 Å².